The fraction of sp³-hybridized carbons (Fsp3) is 0.574. The number of amides is 17. The first-order valence-electron chi connectivity index (χ1n) is 49.6. The van der Waals surface area contributed by atoms with E-state index in [2.05, 4.69) is 69.1 Å². The lowest BCUT2D eigenvalue weighted by Crippen LogP contribution is -2.61. The maximum absolute atomic E-state index is 15.5. The van der Waals surface area contributed by atoms with Crippen LogP contribution in [0.1, 0.15) is 218 Å². The van der Waals surface area contributed by atoms with E-state index in [0.29, 0.717) is 36.5 Å². The molecule has 145 heavy (non-hydrogen) atoms. The molecule has 4 aromatic carbocycles. The Balaban J connectivity index is 1.29. The van der Waals surface area contributed by atoms with Crippen molar-refractivity contribution in [2.75, 3.05) is 38.2 Å². The van der Waals surface area contributed by atoms with Crippen molar-refractivity contribution in [1.29, 1.82) is 0 Å². The maximum Gasteiger partial charge on any atom is 0.416 e. The van der Waals surface area contributed by atoms with E-state index >= 15 is 19.2 Å². The highest BCUT2D eigenvalue weighted by Crippen LogP contribution is 2.32. The second kappa shape index (κ2) is 62.0. The summed E-state index contributed by atoms with van der Waals surface area (Å²) in [5.74, 6) is -19.4. The summed E-state index contributed by atoms with van der Waals surface area (Å²) < 4.78 is 43.4. The number of carboxylic acids is 1. The quantitative estimate of drug-likeness (QED) is 0.0301. The molecule has 798 valence electrons. The second-order valence-electron chi connectivity index (χ2n) is 38.1. The number of carboxylic acid groups (broad SMARTS) is 1. The van der Waals surface area contributed by atoms with Crippen molar-refractivity contribution in [3.8, 4) is 11.1 Å². The van der Waals surface area contributed by atoms with Gasteiger partial charge in [-0.25, -0.2) is 0 Å². The first-order chi connectivity index (χ1) is 68.8. The summed E-state index contributed by atoms with van der Waals surface area (Å²) in [6, 6.07) is 5.84. The number of carbonyl (C=O) groups is 19. The highest BCUT2D eigenvalue weighted by Gasteiger charge is 2.42. The van der Waals surface area contributed by atoms with Gasteiger partial charge in [0, 0.05) is 44.9 Å². The van der Waals surface area contributed by atoms with Crippen LogP contribution in [0.4, 0.5) is 13.2 Å². The van der Waals surface area contributed by atoms with E-state index in [1.165, 1.54) is 27.0 Å². The number of ketones is 1. The lowest BCUT2D eigenvalue weighted by atomic mass is 9.84. The maximum atomic E-state index is 15.5. The monoisotopic (exact) mass is 2050 g/mol. The molecule has 2 aliphatic carbocycles. The van der Waals surface area contributed by atoms with Crippen LogP contribution in [0.5, 0.6) is 0 Å². The molecule has 44 heteroatoms. The molecule has 40 nitrogen and oxygen atoms in total. The largest absolute Gasteiger partial charge is 0.481 e. The van der Waals surface area contributed by atoms with Crippen LogP contribution in [0, 0.1) is 23.7 Å². The van der Waals surface area contributed by atoms with Crippen LogP contribution >= 0.6 is 11.8 Å². The average Bonchev–Trinajstić information content (AvgIpc) is 0.829. The molecule has 2 saturated carbocycles. The molecule has 0 radical (unpaired) electrons. The van der Waals surface area contributed by atoms with Gasteiger partial charge >= 0.3 is 12.1 Å². The number of halogens is 3. The molecule has 0 aromatic heterocycles. The summed E-state index contributed by atoms with van der Waals surface area (Å²) in [5.41, 5.74) is 35.4. The van der Waals surface area contributed by atoms with Gasteiger partial charge in [-0.1, -0.05) is 195 Å². The number of aliphatic carboxylic acids is 1. The molecule has 14 atom stereocenters. The number of aryl methyl sites for hydroxylation is 1. The zero-order valence-electron chi connectivity index (χ0n) is 83.6. The molecule has 0 heterocycles. The Morgan fingerprint density at radius 2 is 0.855 bits per heavy atom. The molecule has 0 unspecified atom stereocenters. The predicted molar refractivity (Wildman–Crippen MR) is 536 cm³/mol. The Bertz CT molecular complexity index is 5000. The highest BCUT2D eigenvalue weighted by atomic mass is 32.2. The minimum absolute atomic E-state index is 0.0125. The van der Waals surface area contributed by atoms with Crippen molar-refractivity contribution in [1.82, 2.24) is 74.0 Å². The third kappa shape index (κ3) is 43.1. The molecule has 0 aliphatic heterocycles. The average molecular weight is 2050 g/mol. The predicted octanol–water partition coefficient (Wildman–Crippen LogP) is 2.22. The number of nitrogens with one attached hydrogen (secondary N) is 13. The Morgan fingerprint density at radius 1 is 0.421 bits per heavy atom. The van der Waals surface area contributed by atoms with E-state index in [0.717, 1.165) is 91.3 Å². The summed E-state index contributed by atoms with van der Waals surface area (Å²) in [4.78, 5) is 268. The van der Waals surface area contributed by atoms with Crippen molar-refractivity contribution in [2.24, 2.45) is 58.1 Å². The molecule has 6 rings (SSSR count). The molecule has 26 N–H and O–H groups in total. The Morgan fingerprint density at radius 3 is 1.39 bits per heavy atom. The lowest BCUT2D eigenvalue weighted by Gasteiger charge is -2.32. The molecule has 17 amide bonds. The number of likely N-dealkylation sites (N-methyl/N-ethyl adjacent to an activating group) is 1. The van der Waals surface area contributed by atoms with Gasteiger partial charge in [0.15, 0.2) is 0 Å². The van der Waals surface area contributed by atoms with Gasteiger partial charge in [-0.05, 0) is 162 Å². The third-order valence-electron chi connectivity index (χ3n) is 25.4. The Kier molecular flexibility index (Phi) is 51.6. The minimum atomic E-state index is -4.95. The molecule has 2 fully saturated rings. The smallest absolute Gasteiger partial charge is 0.416 e. The normalized spacial score (nSPS) is 15.7. The summed E-state index contributed by atoms with van der Waals surface area (Å²) in [6.45, 7) is 9.16. The van der Waals surface area contributed by atoms with Crippen LogP contribution in [-0.2, 0) is 117 Å². The number of nitrogens with zero attached hydrogens (tertiary/aromatic N) is 1. The van der Waals surface area contributed by atoms with Gasteiger partial charge in [0.05, 0.1) is 17.7 Å². The SMILES string of the molecule is CC(=O)CSC[C@H](NC(=O)[C@H](CCCN)NC(=O)[C@@H](NC(=O)[C@H](CC1CCCCC1)NC(=O)[C@H](CCN)NC(=O)[C@@H](CC(C)C)NC(=O)[C@H](C)N(C)C(=O)[C@H](CCC(N)=O)NC(=O)[C@H](Cc1ccc(-c2ccccc2)cc1)NC(=O)[C@H](CCc1ccccc1)NC(=O)[C@H](Cc1cccc(C(F)(F)F)c1)NC(=O)[C@H](CC(=O)O)NC(=O)[C@H](CCC(N)=O)NC(=O)CCC1CCCCC1)C(C)C)C(=O)N[C@@H](CCN)C(N)=O. The van der Waals surface area contributed by atoms with Crippen LogP contribution in [-0.4, -0.2) is 245 Å². The Hall–Kier alpha value is -13.0. The van der Waals surface area contributed by atoms with E-state index in [9.17, 15) is 90.2 Å². The first kappa shape index (κ1) is 121. The van der Waals surface area contributed by atoms with Crippen LogP contribution < -0.4 is 104 Å². The fourth-order valence-corrected chi connectivity index (χ4v) is 18.0. The van der Waals surface area contributed by atoms with Crippen LogP contribution in [0.2, 0.25) is 0 Å². The zero-order chi connectivity index (χ0) is 107. The van der Waals surface area contributed by atoms with Crippen molar-refractivity contribution < 1.29 is 109 Å². The first-order valence-corrected chi connectivity index (χ1v) is 50.7. The summed E-state index contributed by atoms with van der Waals surface area (Å²) in [7, 11) is 1.19. The molecule has 0 bridgehead atoms. The van der Waals surface area contributed by atoms with E-state index in [-0.39, 0.29) is 124 Å². The fourth-order valence-electron chi connectivity index (χ4n) is 17.1. The summed E-state index contributed by atoms with van der Waals surface area (Å²) in [6.07, 6.45) is -0.642. The number of Topliss-reactive ketones (excluding diaryl/α,β-unsaturated/α-hetero) is 1. The number of nitrogens with two attached hydrogens (primary N) is 6. The Labute approximate surface area is 847 Å². The lowest BCUT2D eigenvalue weighted by molar-refractivity contribution is -0.143. The summed E-state index contributed by atoms with van der Waals surface area (Å²) in [5, 5.41) is 44.1. The van der Waals surface area contributed by atoms with E-state index in [4.69, 9.17) is 34.4 Å². The number of primary amides is 3. The molecular weight excluding hydrogens is 1900 g/mol. The number of alkyl halides is 3. The molecular formula is C101H147F3N20O20S. The molecule has 0 saturated heterocycles. The van der Waals surface area contributed by atoms with E-state index in [1.807, 2.05) is 30.3 Å². The summed E-state index contributed by atoms with van der Waals surface area (Å²) >= 11 is 1.02. The number of rotatable bonds is 63. The van der Waals surface area contributed by atoms with Gasteiger partial charge in [0.1, 0.15) is 90.4 Å². The topological polar surface area (TPSA) is 660 Å². The van der Waals surface area contributed by atoms with Crippen LogP contribution in [0.25, 0.3) is 11.1 Å². The molecule has 0 spiro atoms. The van der Waals surface area contributed by atoms with Gasteiger partial charge in [-0.15, -0.1) is 0 Å². The van der Waals surface area contributed by atoms with Gasteiger partial charge in [0.2, 0.25) is 100 Å². The molecule has 4 aromatic rings. The van der Waals surface area contributed by atoms with Gasteiger partial charge in [-0.3, -0.25) is 91.1 Å². The second-order valence-corrected chi connectivity index (χ2v) is 39.1. The minimum Gasteiger partial charge on any atom is -0.481 e. The van der Waals surface area contributed by atoms with E-state index < -0.39 is 247 Å². The standard InChI is InChI=1S/C101H147F3N20O20S/c1-58(2)50-76(93(137)114-74(46-49-107)92(136)119-78(52-64-26-16-10-17-27-64)97(141)123-86(59(3)4)99(143)115-71(32-21-47-105)89(133)122-81(57-145-56-60(5)125)98(142)112-70(45-48-106)87(110)131)117-88(132)61(6)124(7)100(144)75(41-43-83(109)127)116-95(139)77(53-65-33-37-68(38-34-65)67-29-18-11-19-30-67)118-91(135)73(39-35-62-22-12-8-13-23-62)113-94(138)79(54-66-28-20-31-69(51-66)101(102,103)104)120-96(140)80(55-85(129)130)121-90(134)72(40-42-82(108)126)111-84(128)44-36-63-24-14-9-15-25-63/h8,11-13,18-20,22-23,28-31,33-34,37-38,51,58-59,61,63-64,70-81,86H,9-10,14-17,21,24-27,32,35-36,39-50,52-57,105-107H2,1-7H3,(H2,108,126)(H2,109,127)(H2,110,131)(H,111,128)(H,112,142)(H,113,138)(H,114,137)(H,115,143)(H,116,139)(H,117,132)(H,118,135)(H,119,136)(H,120,140)(H,121,134)(H,122,133)(H,123,141)(H,129,130)/t61-,70-,71-,72-,73-,74-,75-,76+,77-,78-,79-,80-,81-,86-/m0/s1. The number of hydrogen-bond acceptors (Lipinski definition) is 23. The number of carbonyl (C=O) groups excluding carboxylic acids is 18. The number of benzene rings is 4. The van der Waals surface area contributed by atoms with Crippen LogP contribution in [0.3, 0.4) is 0 Å². The zero-order valence-corrected chi connectivity index (χ0v) is 84.4. The van der Waals surface area contributed by atoms with Crippen molar-refractivity contribution in [3.63, 3.8) is 0 Å². The third-order valence-corrected chi connectivity index (χ3v) is 26.6. The van der Waals surface area contributed by atoms with Gasteiger partial charge in [0.25, 0.3) is 0 Å². The molecule has 2 aliphatic rings. The van der Waals surface area contributed by atoms with Crippen molar-refractivity contribution in [3.05, 3.63) is 131 Å². The van der Waals surface area contributed by atoms with Crippen LogP contribution in [0.15, 0.2) is 109 Å². The number of hydrogen-bond donors (Lipinski definition) is 20. The number of thioether (sulfide) groups is 1. The van der Waals surface area contributed by atoms with Gasteiger partial charge in [-0.2, -0.15) is 24.9 Å². The van der Waals surface area contributed by atoms with E-state index in [1.54, 1.807) is 82.3 Å². The van der Waals surface area contributed by atoms with Gasteiger partial charge < -0.3 is 114 Å². The highest BCUT2D eigenvalue weighted by molar-refractivity contribution is 8.00. The van der Waals surface area contributed by atoms with Crippen molar-refractivity contribution >= 4 is 124 Å². The van der Waals surface area contributed by atoms with Crippen molar-refractivity contribution in [2.45, 2.75) is 306 Å².